The molecule has 2 aliphatic rings. The van der Waals surface area contributed by atoms with Crippen molar-refractivity contribution in [3.63, 3.8) is 0 Å². The highest BCUT2D eigenvalue weighted by Crippen LogP contribution is 2.43. The van der Waals surface area contributed by atoms with Crippen LogP contribution in [0.3, 0.4) is 0 Å². The Balaban J connectivity index is 1.46. The van der Waals surface area contributed by atoms with Gasteiger partial charge in [-0.25, -0.2) is 9.97 Å². The minimum Gasteiger partial charge on any atom is -0.481 e. The van der Waals surface area contributed by atoms with Crippen molar-refractivity contribution in [3.05, 3.63) is 48.3 Å². The minimum atomic E-state index is -0.0656. The molecule has 1 saturated heterocycles. The van der Waals surface area contributed by atoms with Gasteiger partial charge in [-0.1, -0.05) is 12.1 Å². The fraction of sp³-hybridized carbons (Fsp3) is 0.524. The molecule has 6 nitrogen and oxygen atoms in total. The first kappa shape index (κ1) is 18.2. The van der Waals surface area contributed by atoms with Crippen LogP contribution >= 0.6 is 0 Å². The van der Waals surface area contributed by atoms with Crippen molar-refractivity contribution >= 4 is 0 Å². The predicted molar refractivity (Wildman–Crippen MR) is 102 cm³/mol. The lowest BCUT2D eigenvalue weighted by Gasteiger charge is -2.43. The summed E-state index contributed by atoms with van der Waals surface area (Å²) in [5, 5.41) is 0. The second kappa shape index (κ2) is 7.82. The van der Waals surface area contributed by atoms with Crippen LogP contribution in [0.1, 0.15) is 31.2 Å². The van der Waals surface area contributed by atoms with Gasteiger partial charge in [-0.3, -0.25) is 4.90 Å². The summed E-state index contributed by atoms with van der Waals surface area (Å²) in [7, 11) is 3.49. The van der Waals surface area contributed by atoms with E-state index in [1.807, 2.05) is 37.6 Å². The van der Waals surface area contributed by atoms with Crippen LogP contribution in [-0.4, -0.2) is 53.4 Å². The predicted octanol–water partition coefficient (Wildman–Crippen LogP) is 3.08. The lowest BCUT2D eigenvalue weighted by molar-refractivity contribution is -0.0843. The van der Waals surface area contributed by atoms with Gasteiger partial charge in [0.15, 0.2) is 0 Å². The number of methoxy groups -OCH3 is 2. The Kier molecular flexibility index (Phi) is 5.27. The van der Waals surface area contributed by atoms with Gasteiger partial charge >= 0.3 is 0 Å². The summed E-state index contributed by atoms with van der Waals surface area (Å²) in [5.74, 6) is 1.35. The van der Waals surface area contributed by atoms with Gasteiger partial charge < -0.3 is 14.2 Å². The Hall–Kier alpha value is -2.18. The fourth-order valence-electron chi connectivity index (χ4n) is 4.50. The smallest absolute Gasteiger partial charge is 0.213 e. The van der Waals surface area contributed by atoms with E-state index in [9.17, 15) is 0 Å². The largest absolute Gasteiger partial charge is 0.481 e. The lowest BCUT2D eigenvalue weighted by Crippen LogP contribution is -2.52. The highest BCUT2D eigenvalue weighted by Gasteiger charge is 2.51. The highest BCUT2D eigenvalue weighted by molar-refractivity contribution is 5.19. The van der Waals surface area contributed by atoms with Crippen molar-refractivity contribution in [1.82, 2.24) is 14.9 Å². The first-order chi connectivity index (χ1) is 13.2. The molecular formula is C21H27N3O3. The maximum absolute atomic E-state index is 6.16. The second-order valence-electron chi connectivity index (χ2n) is 7.40. The molecule has 0 aromatic carbocycles. The van der Waals surface area contributed by atoms with Crippen molar-refractivity contribution in [2.45, 2.75) is 50.0 Å². The molecule has 6 heteroatoms. The van der Waals surface area contributed by atoms with Crippen LogP contribution in [0.15, 0.2) is 42.7 Å². The maximum Gasteiger partial charge on any atom is 0.213 e. The minimum absolute atomic E-state index is 0.0656. The number of pyridine rings is 2. The van der Waals surface area contributed by atoms with E-state index in [-0.39, 0.29) is 11.7 Å². The number of likely N-dealkylation sites (tertiary alicyclic amines) is 1. The number of rotatable bonds is 6. The average Bonchev–Trinajstić information content (AvgIpc) is 3.08. The Morgan fingerprint density at radius 3 is 2.74 bits per heavy atom. The molecule has 0 radical (unpaired) electrons. The molecule has 3 heterocycles. The van der Waals surface area contributed by atoms with E-state index in [0.29, 0.717) is 17.8 Å². The summed E-state index contributed by atoms with van der Waals surface area (Å²) in [6.45, 7) is 1.89. The van der Waals surface area contributed by atoms with Gasteiger partial charge in [-0.05, 0) is 30.9 Å². The van der Waals surface area contributed by atoms with Crippen LogP contribution in [0.2, 0.25) is 0 Å². The average molecular weight is 369 g/mol. The third-order valence-corrected chi connectivity index (χ3v) is 5.97. The van der Waals surface area contributed by atoms with E-state index < -0.39 is 0 Å². The van der Waals surface area contributed by atoms with Crippen LogP contribution in [-0.2, 0) is 11.3 Å². The van der Waals surface area contributed by atoms with E-state index in [4.69, 9.17) is 14.2 Å². The van der Waals surface area contributed by atoms with E-state index in [1.54, 1.807) is 13.3 Å². The zero-order valence-corrected chi connectivity index (χ0v) is 16.0. The van der Waals surface area contributed by atoms with Gasteiger partial charge in [0, 0.05) is 57.2 Å². The first-order valence-corrected chi connectivity index (χ1v) is 9.58. The lowest BCUT2D eigenvalue weighted by atomic mass is 9.79. The Bertz CT molecular complexity index is 740. The molecule has 1 aliphatic heterocycles. The van der Waals surface area contributed by atoms with Crippen LogP contribution in [0, 0.1) is 0 Å². The van der Waals surface area contributed by atoms with E-state index in [0.717, 1.165) is 38.8 Å². The monoisotopic (exact) mass is 369 g/mol. The topological polar surface area (TPSA) is 56.7 Å². The third kappa shape index (κ3) is 3.77. The number of ether oxygens (including phenoxy) is 3. The summed E-state index contributed by atoms with van der Waals surface area (Å²) in [6, 6.07) is 10.1. The Labute approximate surface area is 160 Å². The van der Waals surface area contributed by atoms with Crippen LogP contribution < -0.4 is 9.47 Å². The standard InChI is InChI=1S/C21H27N3O3/c1-25-19-7-6-16(14-23-19)15-24-12-10-21(26-2)9-8-17(13-18(21)24)27-20-5-3-4-11-22-20/h3-7,11,14,17-18H,8-10,12-13,15H2,1-2H3/t17-,18-,21+/m0/s1. The van der Waals surface area contributed by atoms with Gasteiger partial charge in [0.1, 0.15) is 6.10 Å². The molecule has 2 aromatic heterocycles. The van der Waals surface area contributed by atoms with Crippen molar-refractivity contribution in [2.24, 2.45) is 0 Å². The second-order valence-corrected chi connectivity index (χ2v) is 7.40. The first-order valence-electron chi connectivity index (χ1n) is 9.58. The number of nitrogens with zero attached hydrogens (tertiary/aromatic N) is 3. The van der Waals surface area contributed by atoms with E-state index >= 15 is 0 Å². The molecule has 4 rings (SSSR count). The number of fused-ring (bicyclic) bond motifs is 1. The summed E-state index contributed by atoms with van der Waals surface area (Å²) >= 11 is 0. The maximum atomic E-state index is 6.16. The number of hydrogen-bond donors (Lipinski definition) is 0. The summed E-state index contributed by atoms with van der Waals surface area (Å²) in [5.41, 5.74) is 1.12. The van der Waals surface area contributed by atoms with Crippen LogP contribution in [0.4, 0.5) is 0 Å². The molecule has 0 spiro atoms. The van der Waals surface area contributed by atoms with Crippen molar-refractivity contribution in [1.29, 1.82) is 0 Å². The molecule has 0 amide bonds. The van der Waals surface area contributed by atoms with Gasteiger partial charge in [0.05, 0.1) is 12.7 Å². The summed E-state index contributed by atoms with van der Waals surface area (Å²) in [4.78, 5) is 11.2. The van der Waals surface area contributed by atoms with Crippen molar-refractivity contribution < 1.29 is 14.2 Å². The van der Waals surface area contributed by atoms with Gasteiger partial charge in [0.25, 0.3) is 0 Å². The van der Waals surface area contributed by atoms with Gasteiger partial charge in [0.2, 0.25) is 11.8 Å². The van der Waals surface area contributed by atoms with Crippen molar-refractivity contribution in [3.8, 4) is 11.8 Å². The van der Waals surface area contributed by atoms with E-state index in [1.165, 1.54) is 5.56 Å². The Morgan fingerprint density at radius 1 is 1.11 bits per heavy atom. The van der Waals surface area contributed by atoms with Crippen LogP contribution in [0.5, 0.6) is 11.8 Å². The molecule has 0 N–H and O–H groups in total. The molecule has 2 fully saturated rings. The van der Waals surface area contributed by atoms with E-state index in [2.05, 4.69) is 20.9 Å². The third-order valence-electron chi connectivity index (χ3n) is 5.97. The summed E-state index contributed by atoms with van der Waals surface area (Å²) in [6.07, 6.45) is 7.87. The van der Waals surface area contributed by atoms with Gasteiger partial charge in [-0.15, -0.1) is 0 Å². The molecule has 1 aliphatic carbocycles. The highest BCUT2D eigenvalue weighted by atomic mass is 16.5. The van der Waals surface area contributed by atoms with Crippen molar-refractivity contribution in [2.75, 3.05) is 20.8 Å². The zero-order valence-electron chi connectivity index (χ0n) is 16.0. The number of hydrogen-bond acceptors (Lipinski definition) is 6. The molecule has 0 bridgehead atoms. The SMILES string of the molecule is COc1ccc(CN2CC[C@]3(OC)CC[C@H](Oc4ccccn4)C[C@H]23)cn1. The zero-order chi connectivity index (χ0) is 18.7. The molecule has 1 saturated carbocycles. The molecular weight excluding hydrogens is 342 g/mol. The summed E-state index contributed by atoms with van der Waals surface area (Å²) < 4.78 is 17.4. The molecule has 144 valence electrons. The normalized spacial score (nSPS) is 27.9. The molecule has 2 aromatic rings. The molecule has 3 atom stereocenters. The number of aromatic nitrogens is 2. The molecule has 27 heavy (non-hydrogen) atoms. The fourth-order valence-corrected chi connectivity index (χ4v) is 4.50. The van der Waals surface area contributed by atoms with Gasteiger partial charge in [-0.2, -0.15) is 0 Å². The quantitative estimate of drug-likeness (QED) is 0.780. The van der Waals surface area contributed by atoms with Crippen LogP contribution in [0.25, 0.3) is 0 Å². The Morgan fingerprint density at radius 2 is 2.04 bits per heavy atom. The molecule has 0 unspecified atom stereocenters.